The lowest BCUT2D eigenvalue weighted by atomic mass is 10.1. The summed E-state index contributed by atoms with van der Waals surface area (Å²) >= 11 is 0.644. The van der Waals surface area contributed by atoms with Crippen molar-refractivity contribution in [2.24, 2.45) is 0 Å². The molecule has 0 amide bonds. The van der Waals surface area contributed by atoms with Gasteiger partial charge >= 0.3 is 6.55 Å². The van der Waals surface area contributed by atoms with Gasteiger partial charge in [0, 0.05) is 12.1 Å². The number of benzene rings is 2. The van der Waals surface area contributed by atoms with Crippen molar-refractivity contribution in [2.75, 3.05) is 0 Å². The number of Topliss-reactive ketones (excluding diaryl/α,β-unsaturated/α-hetero) is 1. The Morgan fingerprint density at radius 1 is 1.12 bits per heavy atom. The molecule has 1 unspecified atom stereocenters. The third-order valence-electron chi connectivity index (χ3n) is 3.66. The molecule has 3 rings (SSSR count). The summed E-state index contributed by atoms with van der Waals surface area (Å²) in [5, 5.41) is -1.29. The molecular weight excluding hydrogens is 375 g/mol. The number of thioether (sulfide) groups is 1. The van der Waals surface area contributed by atoms with Crippen LogP contribution in [0.2, 0.25) is 0 Å². The average molecular weight is 386 g/mol. The standard InChI is InChI=1S/C17H11F5N2OS/c1-8(15(25)14-10(19)6-9(18)7-11(14)20)26-17-23-12-4-2-3-5-13(12)24(17)16(21)22/h2-8,16H,1H3. The number of hydrogen-bond acceptors (Lipinski definition) is 3. The van der Waals surface area contributed by atoms with Gasteiger partial charge < -0.3 is 0 Å². The molecule has 9 heteroatoms. The monoisotopic (exact) mass is 386 g/mol. The third kappa shape index (κ3) is 3.31. The predicted molar refractivity (Wildman–Crippen MR) is 87.0 cm³/mol. The fourth-order valence-corrected chi connectivity index (χ4v) is 3.47. The Hall–Kier alpha value is -2.42. The van der Waals surface area contributed by atoms with Crippen molar-refractivity contribution in [3.8, 4) is 0 Å². The van der Waals surface area contributed by atoms with E-state index in [4.69, 9.17) is 0 Å². The third-order valence-corrected chi connectivity index (χ3v) is 4.73. The van der Waals surface area contributed by atoms with Crippen molar-refractivity contribution >= 4 is 28.6 Å². The first-order valence-electron chi connectivity index (χ1n) is 7.40. The molecule has 0 spiro atoms. The van der Waals surface area contributed by atoms with E-state index in [0.717, 1.165) is 0 Å². The highest BCUT2D eigenvalue weighted by molar-refractivity contribution is 8.00. The molecule has 26 heavy (non-hydrogen) atoms. The SMILES string of the molecule is CC(Sc1nc2ccccc2n1C(F)F)C(=O)c1c(F)cc(F)cc1F. The zero-order valence-electron chi connectivity index (χ0n) is 13.2. The summed E-state index contributed by atoms with van der Waals surface area (Å²) in [7, 11) is 0. The zero-order valence-corrected chi connectivity index (χ0v) is 14.0. The summed E-state index contributed by atoms with van der Waals surface area (Å²) in [6.45, 7) is -1.60. The molecule has 1 atom stereocenters. The number of fused-ring (bicyclic) bond motifs is 1. The van der Waals surface area contributed by atoms with Gasteiger partial charge in [0.2, 0.25) is 0 Å². The van der Waals surface area contributed by atoms with Crippen LogP contribution >= 0.6 is 11.8 Å². The molecule has 0 bridgehead atoms. The first-order chi connectivity index (χ1) is 12.3. The van der Waals surface area contributed by atoms with Gasteiger partial charge in [0.1, 0.15) is 17.5 Å². The number of nitrogens with zero attached hydrogens (tertiary/aromatic N) is 2. The number of carbonyl (C=O) groups excluding carboxylic acids is 1. The molecule has 0 saturated carbocycles. The van der Waals surface area contributed by atoms with Crippen LogP contribution in [-0.2, 0) is 0 Å². The van der Waals surface area contributed by atoms with Gasteiger partial charge in [-0.15, -0.1) is 0 Å². The lowest BCUT2D eigenvalue weighted by Gasteiger charge is -2.13. The first kappa shape index (κ1) is 18.4. The van der Waals surface area contributed by atoms with Gasteiger partial charge in [-0.3, -0.25) is 9.36 Å². The molecular formula is C17H11F5N2OS. The molecule has 0 fully saturated rings. The van der Waals surface area contributed by atoms with Gasteiger partial charge in [0.05, 0.1) is 21.8 Å². The molecule has 136 valence electrons. The minimum Gasteiger partial charge on any atom is -0.293 e. The summed E-state index contributed by atoms with van der Waals surface area (Å²) in [4.78, 5) is 16.4. The number of rotatable bonds is 5. The summed E-state index contributed by atoms with van der Waals surface area (Å²) in [5.41, 5.74) is -0.441. The van der Waals surface area contributed by atoms with Crippen LogP contribution < -0.4 is 0 Å². The molecule has 1 heterocycles. The largest absolute Gasteiger partial charge is 0.321 e. The highest BCUT2D eigenvalue weighted by atomic mass is 32.2. The van der Waals surface area contributed by atoms with Crippen LogP contribution in [0.5, 0.6) is 0 Å². The minimum absolute atomic E-state index is 0.162. The molecule has 3 aromatic rings. The van der Waals surface area contributed by atoms with Gasteiger partial charge in [-0.1, -0.05) is 23.9 Å². The van der Waals surface area contributed by atoms with Crippen LogP contribution in [-0.4, -0.2) is 20.6 Å². The first-order valence-corrected chi connectivity index (χ1v) is 8.28. The van der Waals surface area contributed by atoms with E-state index in [2.05, 4.69) is 4.98 Å². The Balaban J connectivity index is 1.96. The van der Waals surface area contributed by atoms with Crippen LogP contribution in [0.15, 0.2) is 41.6 Å². The summed E-state index contributed by atoms with van der Waals surface area (Å²) in [6, 6.07) is 6.95. The molecule has 0 N–H and O–H groups in total. The summed E-state index contributed by atoms with van der Waals surface area (Å²) < 4.78 is 68.0. The second-order valence-electron chi connectivity index (χ2n) is 5.40. The quantitative estimate of drug-likeness (QED) is 0.343. The molecule has 2 aromatic carbocycles. The van der Waals surface area contributed by atoms with E-state index >= 15 is 0 Å². The fourth-order valence-electron chi connectivity index (χ4n) is 2.49. The Bertz CT molecular complexity index is 965. The van der Waals surface area contributed by atoms with Crippen molar-refractivity contribution in [1.29, 1.82) is 0 Å². The summed E-state index contributed by atoms with van der Waals surface area (Å²) in [6.07, 6.45) is 0. The number of hydrogen-bond donors (Lipinski definition) is 0. The number of imidazole rings is 1. The second kappa shape index (κ2) is 7.06. The smallest absolute Gasteiger partial charge is 0.293 e. The Morgan fingerprint density at radius 3 is 2.35 bits per heavy atom. The normalized spacial score (nSPS) is 12.7. The van der Waals surface area contributed by atoms with Crippen molar-refractivity contribution in [2.45, 2.75) is 23.9 Å². The Labute approximate surface area is 148 Å². The van der Waals surface area contributed by atoms with Crippen LogP contribution in [0.1, 0.15) is 23.8 Å². The lowest BCUT2D eigenvalue weighted by Crippen LogP contribution is -2.18. The topological polar surface area (TPSA) is 34.9 Å². The Kier molecular flexibility index (Phi) is 4.99. The molecule has 0 aliphatic rings. The molecule has 0 aliphatic carbocycles. The van der Waals surface area contributed by atoms with Crippen LogP contribution in [0.25, 0.3) is 11.0 Å². The number of halogens is 5. The maximum Gasteiger partial charge on any atom is 0.321 e. The molecule has 1 aromatic heterocycles. The van der Waals surface area contributed by atoms with E-state index < -0.39 is 40.6 Å². The molecule has 0 saturated heterocycles. The van der Waals surface area contributed by atoms with Gasteiger partial charge in [-0.25, -0.2) is 18.2 Å². The van der Waals surface area contributed by atoms with Gasteiger partial charge in [0.25, 0.3) is 0 Å². The summed E-state index contributed by atoms with van der Waals surface area (Å²) in [5.74, 6) is -4.83. The fraction of sp³-hybridized carbons (Fsp3) is 0.176. The average Bonchev–Trinajstić information content (AvgIpc) is 2.91. The van der Waals surface area contributed by atoms with E-state index in [1.807, 2.05) is 0 Å². The van der Waals surface area contributed by atoms with Crippen molar-refractivity contribution in [3.05, 3.63) is 59.4 Å². The molecule has 0 radical (unpaired) electrons. The maximum absolute atomic E-state index is 13.8. The number of carbonyl (C=O) groups is 1. The van der Waals surface area contributed by atoms with E-state index in [-0.39, 0.29) is 10.7 Å². The van der Waals surface area contributed by atoms with E-state index in [1.54, 1.807) is 12.1 Å². The number of ketones is 1. The van der Waals surface area contributed by atoms with Gasteiger partial charge in [0.15, 0.2) is 10.9 Å². The van der Waals surface area contributed by atoms with Gasteiger partial charge in [-0.05, 0) is 19.1 Å². The highest BCUT2D eigenvalue weighted by Gasteiger charge is 2.27. The molecule has 3 nitrogen and oxygen atoms in total. The second-order valence-corrected chi connectivity index (χ2v) is 6.71. The van der Waals surface area contributed by atoms with E-state index in [1.165, 1.54) is 19.1 Å². The van der Waals surface area contributed by atoms with Crippen molar-refractivity contribution in [3.63, 3.8) is 0 Å². The van der Waals surface area contributed by atoms with Crippen LogP contribution in [0.4, 0.5) is 22.0 Å². The predicted octanol–water partition coefficient (Wildman–Crippen LogP) is 5.21. The number of para-hydroxylation sites is 2. The molecule has 0 aliphatic heterocycles. The maximum atomic E-state index is 13.8. The van der Waals surface area contributed by atoms with E-state index in [9.17, 15) is 26.7 Å². The highest BCUT2D eigenvalue weighted by Crippen LogP contribution is 2.33. The zero-order chi connectivity index (χ0) is 19.0. The van der Waals surface area contributed by atoms with Gasteiger partial charge in [-0.2, -0.15) is 8.78 Å². The Morgan fingerprint density at radius 2 is 1.73 bits per heavy atom. The number of alkyl halides is 2. The van der Waals surface area contributed by atoms with Crippen LogP contribution in [0, 0.1) is 17.5 Å². The van der Waals surface area contributed by atoms with Crippen molar-refractivity contribution < 1.29 is 26.7 Å². The number of aromatic nitrogens is 2. The van der Waals surface area contributed by atoms with E-state index in [0.29, 0.717) is 34.0 Å². The van der Waals surface area contributed by atoms with Crippen LogP contribution in [0.3, 0.4) is 0 Å². The minimum atomic E-state index is -2.91. The van der Waals surface area contributed by atoms with Crippen molar-refractivity contribution in [1.82, 2.24) is 9.55 Å². The lowest BCUT2D eigenvalue weighted by molar-refractivity contribution is 0.0655.